The van der Waals surface area contributed by atoms with E-state index in [4.69, 9.17) is 0 Å². The molecule has 140 valence electrons. The summed E-state index contributed by atoms with van der Waals surface area (Å²) in [6.07, 6.45) is 5.24. The molecule has 0 saturated heterocycles. The highest BCUT2D eigenvalue weighted by molar-refractivity contribution is 5.80. The summed E-state index contributed by atoms with van der Waals surface area (Å²) >= 11 is 0. The highest BCUT2D eigenvalue weighted by Crippen LogP contribution is 2.26. The van der Waals surface area contributed by atoms with Gasteiger partial charge in [-0.3, -0.25) is 14.4 Å². The molecule has 1 aliphatic carbocycles. The summed E-state index contributed by atoms with van der Waals surface area (Å²) in [5, 5.41) is 8.98. The number of hydrogen-bond acceptors (Lipinski definition) is 3. The van der Waals surface area contributed by atoms with E-state index >= 15 is 0 Å². The van der Waals surface area contributed by atoms with Crippen LogP contribution >= 0.6 is 0 Å². The van der Waals surface area contributed by atoms with Crippen molar-refractivity contribution in [2.75, 3.05) is 6.54 Å². The fourth-order valence-corrected chi connectivity index (χ4v) is 4.05. The molecule has 2 aromatic heterocycles. The molecule has 0 unspecified atom stereocenters. The first-order valence-corrected chi connectivity index (χ1v) is 9.86. The third-order valence-electron chi connectivity index (χ3n) is 5.87. The van der Waals surface area contributed by atoms with Crippen LogP contribution in [0.5, 0.6) is 0 Å². The molecule has 0 radical (unpaired) electrons. The molecule has 0 bridgehead atoms. The van der Waals surface area contributed by atoms with E-state index in [-0.39, 0.29) is 11.8 Å². The van der Waals surface area contributed by atoms with Crippen LogP contribution in [0, 0.1) is 5.92 Å². The van der Waals surface area contributed by atoms with Crippen molar-refractivity contribution in [2.45, 2.75) is 45.4 Å². The maximum atomic E-state index is 12.0. The van der Waals surface area contributed by atoms with Crippen LogP contribution in [0.2, 0.25) is 0 Å². The molecule has 0 spiro atoms. The van der Waals surface area contributed by atoms with Crippen molar-refractivity contribution in [3.8, 4) is 0 Å². The van der Waals surface area contributed by atoms with Crippen molar-refractivity contribution < 1.29 is 4.79 Å². The Morgan fingerprint density at radius 3 is 3.00 bits per heavy atom. The Labute approximate surface area is 158 Å². The molecule has 6 nitrogen and oxygen atoms in total. The SMILES string of the molecule is O=C(NCc1cc2n(n1)CCN(Cc1ccc3[nH]ccc3c1)C2)C1CCC1. The highest BCUT2D eigenvalue weighted by Gasteiger charge is 2.25. The number of carbonyl (C=O) groups excluding carboxylic acids is 1. The van der Waals surface area contributed by atoms with Gasteiger partial charge in [0.1, 0.15) is 0 Å². The largest absolute Gasteiger partial charge is 0.361 e. The lowest BCUT2D eigenvalue weighted by Gasteiger charge is -2.27. The zero-order valence-corrected chi connectivity index (χ0v) is 15.4. The van der Waals surface area contributed by atoms with Gasteiger partial charge in [-0.25, -0.2) is 0 Å². The fraction of sp³-hybridized carbons (Fsp3) is 0.429. The van der Waals surface area contributed by atoms with Gasteiger partial charge in [0.05, 0.1) is 24.5 Å². The lowest BCUT2D eigenvalue weighted by atomic mass is 9.85. The summed E-state index contributed by atoms with van der Waals surface area (Å²) in [6, 6.07) is 10.9. The van der Waals surface area contributed by atoms with Gasteiger partial charge >= 0.3 is 0 Å². The van der Waals surface area contributed by atoms with E-state index in [0.717, 1.165) is 44.7 Å². The average molecular weight is 363 g/mol. The van der Waals surface area contributed by atoms with Crippen LogP contribution < -0.4 is 5.32 Å². The minimum absolute atomic E-state index is 0.189. The number of benzene rings is 1. The summed E-state index contributed by atoms with van der Waals surface area (Å²) in [7, 11) is 0. The standard InChI is InChI=1S/C21H25N5O/c27-21(16-2-1-3-16)23-12-18-11-19-14-25(8-9-26(19)24-18)13-15-4-5-20-17(10-15)6-7-22-20/h4-7,10-11,16,22H,1-3,8-9,12-14H2,(H,23,27). The lowest BCUT2D eigenvalue weighted by Crippen LogP contribution is -2.34. The second-order valence-corrected chi connectivity index (χ2v) is 7.81. The molecule has 5 rings (SSSR count). The molecule has 0 atom stereocenters. The summed E-state index contributed by atoms with van der Waals surface area (Å²) in [6.45, 7) is 4.28. The zero-order chi connectivity index (χ0) is 18.2. The van der Waals surface area contributed by atoms with E-state index in [1.54, 1.807) is 0 Å². The predicted octanol–water partition coefficient (Wildman–Crippen LogP) is 2.80. The van der Waals surface area contributed by atoms with E-state index in [2.05, 4.69) is 55.3 Å². The number of aromatic nitrogens is 3. The number of nitrogens with one attached hydrogen (secondary N) is 2. The van der Waals surface area contributed by atoms with Crippen molar-refractivity contribution in [2.24, 2.45) is 5.92 Å². The van der Waals surface area contributed by atoms with Crippen LogP contribution in [0.15, 0.2) is 36.5 Å². The molecule has 1 aromatic carbocycles. The number of fused-ring (bicyclic) bond motifs is 2. The summed E-state index contributed by atoms with van der Waals surface area (Å²) in [5.41, 5.74) is 4.72. The molecule has 1 aliphatic heterocycles. The number of amides is 1. The third-order valence-corrected chi connectivity index (χ3v) is 5.87. The monoisotopic (exact) mass is 363 g/mol. The number of aromatic amines is 1. The van der Waals surface area contributed by atoms with Crippen molar-refractivity contribution in [1.29, 1.82) is 0 Å². The molecule has 3 heterocycles. The second kappa shape index (κ2) is 6.85. The van der Waals surface area contributed by atoms with Gasteiger partial charge in [-0.05, 0) is 48.1 Å². The molecule has 1 fully saturated rings. The lowest BCUT2D eigenvalue weighted by molar-refractivity contribution is -0.127. The van der Waals surface area contributed by atoms with Crippen molar-refractivity contribution >= 4 is 16.8 Å². The Hall–Kier alpha value is -2.60. The van der Waals surface area contributed by atoms with Gasteiger partial charge in [-0.2, -0.15) is 5.10 Å². The molecule has 6 heteroatoms. The first-order chi connectivity index (χ1) is 13.2. The van der Waals surface area contributed by atoms with Crippen LogP contribution in [0.4, 0.5) is 0 Å². The quantitative estimate of drug-likeness (QED) is 0.733. The van der Waals surface area contributed by atoms with Crippen LogP contribution in [-0.4, -0.2) is 32.1 Å². The van der Waals surface area contributed by atoms with Crippen LogP contribution in [0.1, 0.15) is 36.2 Å². The summed E-state index contributed by atoms with van der Waals surface area (Å²) < 4.78 is 2.09. The molecule has 2 aliphatic rings. The smallest absolute Gasteiger partial charge is 0.223 e. The number of nitrogens with zero attached hydrogens (tertiary/aromatic N) is 3. The van der Waals surface area contributed by atoms with E-state index in [0.29, 0.717) is 6.54 Å². The van der Waals surface area contributed by atoms with E-state index in [1.807, 2.05) is 6.20 Å². The highest BCUT2D eigenvalue weighted by atomic mass is 16.1. The molecule has 1 saturated carbocycles. The van der Waals surface area contributed by atoms with Gasteiger partial charge in [0.2, 0.25) is 5.91 Å². The summed E-state index contributed by atoms with van der Waals surface area (Å²) in [5.74, 6) is 0.420. The van der Waals surface area contributed by atoms with Crippen molar-refractivity contribution in [1.82, 2.24) is 25.0 Å². The van der Waals surface area contributed by atoms with Gasteiger partial charge in [-0.1, -0.05) is 12.5 Å². The molecule has 1 amide bonds. The number of rotatable bonds is 5. The first kappa shape index (κ1) is 16.6. The molecule has 27 heavy (non-hydrogen) atoms. The van der Waals surface area contributed by atoms with Crippen LogP contribution in [0.25, 0.3) is 10.9 Å². The van der Waals surface area contributed by atoms with Gasteiger partial charge < -0.3 is 10.3 Å². The first-order valence-electron chi connectivity index (χ1n) is 9.86. The summed E-state index contributed by atoms with van der Waals surface area (Å²) in [4.78, 5) is 17.7. The van der Waals surface area contributed by atoms with Crippen molar-refractivity contribution in [3.63, 3.8) is 0 Å². The van der Waals surface area contributed by atoms with Gasteiger partial charge in [0, 0.05) is 37.3 Å². The third kappa shape index (κ3) is 3.37. The maximum absolute atomic E-state index is 12.0. The fourth-order valence-electron chi connectivity index (χ4n) is 4.05. The normalized spacial score (nSPS) is 17.6. The van der Waals surface area contributed by atoms with Crippen molar-refractivity contribution in [3.05, 3.63) is 53.5 Å². The van der Waals surface area contributed by atoms with Gasteiger partial charge in [-0.15, -0.1) is 0 Å². The van der Waals surface area contributed by atoms with Crippen LogP contribution in [-0.2, 0) is 31.0 Å². The maximum Gasteiger partial charge on any atom is 0.223 e. The van der Waals surface area contributed by atoms with E-state index in [1.165, 1.54) is 28.6 Å². The van der Waals surface area contributed by atoms with E-state index < -0.39 is 0 Å². The molecule has 3 aromatic rings. The minimum atomic E-state index is 0.189. The number of carbonyl (C=O) groups is 1. The predicted molar refractivity (Wildman–Crippen MR) is 104 cm³/mol. The van der Waals surface area contributed by atoms with Gasteiger partial charge in [0.25, 0.3) is 0 Å². The van der Waals surface area contributed by atoms with Gasteiger partial charge in [0.15, 0.2) is 0 Å². The average Bonchev–Trinajstić information content (AvgIpc) is 3.23. The molecular weight excluding hydrogens is 338 g/mol. The van der Waals surface area contributed by atoms with Crippen LogP contribution in [0.3, 0.4) is 0 Å². The molecular formula is C21H25N5O. The Balaban J connectivity index is 1.21. The van der Waals surface area contributed by atoms with E-state index in [9.17, 15) is 4.79 Å². The second-order valence-electron chi connectivity index (χ2n) is 7.81. The number of H-pyrrole nitrogens is 1. The minimum Gasteiger partial charge on any atom is -0.361 e. The Bertz CT molecular complexity index is 968. The Morgan fingerprint density at radius 1 is 1.22 bits per heavy atom. The molecule has 2 N–H and O–H groups in total. The Kier molecular flexibility index (Phi) is 4.20. The number of hydrogen-bond donors (Lipinski definition) is 2. The zero-order valence-electron chi connectivity index (χ0n) is 15.4. The topological polar surface area (TPSA) is 66.0 Å². The Morgan fingerprint density at radius 2 is 2.15 bits per heavy atom.